The van der Waals surface area contributed by atoms with Gasteiger partial charge in [0.1, 0.15) is 17.2 Å². The van der Waals surface area contributed by atoms with Crippen LogP contribution in [0.4, 0.5) is 11.4 Å². The average Bonchev–Trinajstić information content (AvgIpc) is 2.93. The second-order valence-corrected chi connectivity index (χ2v) is 12.4. The van der Waals surface area contributed by atoms with Gasteiger partial charge in [0.25, 0.3) is 10.0 Å². The predicted molar refractivity (Wildman–Crippen MR) is 144 cm³/mol. The number of hydrogen-bond acceptors (Lipinski definition) is 7. The lowest BCUT2D eigenvalue weighted by molar-refractivity contribution is -0.114. The van der Waals surface area contributed by atoms with Crippen LogP contribution in [0.15, 0.2) is 82.6 Å². The van der Waals surface area contributed by atoms with Crippen LogP contribution in [0.2, 0.25) is 5.02 Å². The summed E-state index contributed by atoms with van der Waals surface area (Å²) in [6, 6.07) is 18.1. The fourth-order valence-corrected chi connectivity index (χ4v) is 7.22. The van der Waals surface area contributed by atoms with Crippen molar-refractivity contribution in [3.63, 3.8) is 0 Å². The Balaban J connectivity index is 1.64. The summed E-state index contributed by atoms with van der Waals surface area (Å²) in [4.78, 5) is 13.0. The minimum Gasteiger partial charge on any atom is -0.495 e. The van der Waals surface area contributed by atoms with Crippen LogP contribution in [0.3, 0.4) is 0 Å². The molecule has 0 atom stereocenters. The normalized spacial score (nSPS) is 14.6. The first-order valence-corrected chi connectivity index (χ1v) is 14.8. The van der Waals surface area contributed by atoms with Crippen LogP contribution in [-0.2, 0) is 29.6 Å². The van der Waals surface area contributed by atoms with Crippen molar-refractivity contribution in [1.29, 1.82) is 0 Å². The number of nitrogens with one attached hydrogen (secondary N) is 1. The van der Waals surface area contributed by atoms with Gasteiger partial charge in [0.05, 0.1) is 35.9 Å². The van der Waals surface area contributed by atoms with Crippen LogP contribution in [0.25, 0.3) is 0 Å². The van der Waals surface area contributed by atoms with Crippen LogP contribution in [0, 0.1) is 0 Å². The van der Waals surface area contributed by atoms with E-state index in [1.165, 1.54) is 53.9 Å². The largest absolute Gasteiger partial charge is 0.495 e. The molecule has 1 heterocycles. The number of sulfonamides is 2. The SMILES string of the molecule is COc1ccc(NC(=O)CN(c2ccccc2Cl)S(=O)(=O)c2ccccc2)cc1S(=O)(=O)N1CCOCC1. The summed E-state index contributed by atoms with van der Waals surface area (Å²) >= 11 is 6.30. The zero-order valence-corrected chi connectivity index (χ0v) is 22.8. The molecule has 0 saturated carbocycles. The molecule has 10 nitrogen and oxygen atoms in total. The van der Waals surface area contributed by atoms with Gasteiger partial charge < -0.3 is 14.8 Å². The third-order valence-corrected chi connectivity index (χ3v) is 9.79. The Hall–Kier alpha value is -3.16. The van der Waals surface area contributed by atoms with Crippen molar-refractivity contribution >= 4 is 48.9 Å². The van der Waals surface area contributed by atoms with E-state index >= 15 is 0 Å². The molecule has 0 aliphatic carbocycles. The van der Waals surface area contributed by atoms with Gasteiger partial charge in [0, 0.05) is 18.8 Å². The molecule has 3 aromatic rings. The summed E-state index contributed by atoms with van der Waals surface area (Å²) in [6.07, 6.45) is 0. The zero-order valence-electron chi connectivity index (χ0n) is 20.4. The molecule has 1 aliphatic rings. The van der Waals surface area contributed by atoms with Crippen molar-refractivity contribution in [3.05, 3.63) is 77.8 Å². The molecular formula is C25H26ClN3O7S2. The maximum absolute atomic E-state index is 13.5. The van der Waals surface area contributed by atoms with Gasteiger partial charge >= 0.3 is 0 Å². The molecule has 1 N–H and O–H groups in total. The number of carbonyl (C=O) groups is 1. The molecule has 13 heteroatoms. The Labute approximate surface area is 226 Å². The lowest BCUT2D eigenvalue weighted by atomic mass is 10.3. The van der Waals surface area contributed by atoms with Gasteiger partial charge in [-0.2, -0.15) is 4.31 Å². The number of rotatable bonds is 9. The van der Waals surface area contributed by atoms with Crippen molar-refractivity contribution in [3.8, 4) is 5.75 Å². The number of para-hydroxylation sites is 1. The first kappa shape index (κ1) is 27.9. The van der Waals surface area contributed by atoms with Gasteiger partial charge in [-0.25, -0.2) is 16.8 Å². The molecule has 0 radical (unpaired) electrons. The summed E-state index contributed by atoms with van der Waals surface area (Å²) in [5.41, 5.74) is 0.275. The number of carbonyl (C=O) groups excluding carboxylic acids is 1. The van der Waals surface area contributed by atoms with Crippen molar-refractivity contribution in [2.24, 2.45) is 0 Å². The van der Waals surface area contributed by atoms with E-state index in [0.717, 1.165) is 4.31 Å². The fourth-order valence-electron chi connectivity index (χ4n) is 3.89. The van der Waals surface area contributed by atoms with Crippen molar-refractivity contribution in [2.45, 2.75) is 9.79 Å². The summed E-state index contributed by atoms with van der Waals surface area (Å²) in [5, 5.41) is 2.74. The van der Waals surface area contributed by atoms with E-state index in [1.54, 1.807) is 30.3 Å². The molecule has 1 aliphatic heterocycles. The summed E-state index contributed by atoms with van der Waals surface area (Å²) in [7, 11) is -6.76. The minimum atomic E-state index is -4.17. The highest BCUT2D eigenvalue weighted by Crippen LogP contribution is 2.32. The van der Waals surface area contributed by atoms with Gasteiger partial charge in [-0.05, 0) is 42.5 Å². The number of nitrogens with zero attached hydrogens (tertiary/aromatic N) is 2. The Morgan fingerprint density at radius 1 is 1.00 bits per heavy atom. The second kappa shape index (κ2) is 11.7. The molecule has 0 unspecified atom stereocenters. The number of methoxy groups -OCH3 is 1. The molecule has 0 spiro atoms. The van der Waals surface area contributed by atoms with Crippen LogP contribution in [0.5, 0.6) is 5.75 Å². The molecule has 4 rings (SSSR count). The Bertz CT molecular complexity index is 1510. The topological polar surface area (TPSA) is 122 Å². The molecule has 202 valence electrons. The van der Waals surface area contributed by atoms with E-state index in [4.69, 9.17) is 21.1 Å². The van der Waals surface area contributed by atoms with Gasteiger partial charge in [0.2, 0.25) is 15.9 Å². The average molecular weight is 580 g/mol. The molecule has 3 aromatic carbocycles. The van der Waals surface area contributed by atoms with Gasteiger partial charge in [-0.1, -0.05) is 41.9 Å². The summed E-state index contributed by atoms with van der Waals surface area (Å²) in [6.45, 7) is 0.300. The maximum Gasteiger partial charge on any atom is 0.264 e. The molecule has 1 fully saturated rings. The number of hydrogen-bond donors (Lipinski definition) is 1. The Morgan fingerprint density at radius 3 is 2.32 bits per heavy atom. The van der Waals surface area contributed by atoms with E-state index in [9.17, 15) is 21.6 Å². The highest BCUT2D eigenvalue weighted by Gasteiger charge is 2.31. The number of halogens is 1. The van der Waals surface area contributed by atoms with Crippen LogP contribution in [-0.4, -0.2) is 67.0 Å². The maximum atomic E-state index is 13.5. The summed E-state index contributed by atoms with van der Waals surface area (Å²) in [5.74, 6) is -0.594. The third-order valence-electron chi connectivity index (χ3n) is 5.77. The van der Waals surface area contributed by atoms with Crippen LogP contribution in [0.1, 0.15) is 0 Å². The van der Waals surface area contributed by atoms with E-state index in [2.05, 4.69) is 5.32 Å². The smallest absolute Gasteiger partial charge is 0.264 e. The lowest BCUT2D eigenvalue weighted by Crippen LogP contribution is -2.40. The molecule has 1 saturated heterocycles. The predicted octanol–water partition coefficient (Wildman–Crippen LogP) is 3.20. The number of benzene rings is 3. The van der Waals surface area contributed by atoms with Gasteiger partial charge in [0.15, 0.2) is 0 Å². The summed E-state index contributed by atoms with van der Waals surface area (Å²) < 4.78 is 66.2. The Morgan fingerprint density at radius 2 is 1.66 bits per heavy atom. The fraction of sp³-hybridized carbons (Fsp3) is 0.240. The van der Waals surface area contributed by atoms with Gasteiger partial charge in [-0.3, -0.25) is 9.10 Å². The molecule has 0 aromatic heterocycles. The van der Waals surface area contributed by atoms with Crippen molar-refractivity contribution in [1.82, 2.24) is 4.31 Å². The Kier molecular flexibility index (Phi) is 8.58. The van der Waals surface area contributed by atoms with Gasteiger partial charge in [-0.15, -0.1) is 0 Å². The highest BCUT2D eigenvalue weighted by atomic mass is 35.5. The monoisotopic (exact) mass is 579 g/mol. The van der Waals surface area contributed by atoms with E-state index in [0.29, 0.717) is 0 Å². The third kappa shape index (κ3) is 5.94. The zero-order chi connectivity index (χ0) is 27.3. The number of ether oxygens (including phenoxy) is 2. The van der Waals surface area contributed by atoms with Crippen molar-refractivity contribution in [2.75, 3.05) is 49.6 Å². The molecular weight excluding hydrogens is 554 g/mol. The minimum absolute atomic E-state index is 0.0175. The number of anilines is 2. The highest BCUT2D eigenvalue weighted by molar-refractivity contribution is 7.93. The first-order chi connectivity index (χ1) is 18.1. The number of amides is 1. The molecule has 1 amide bonds. The second-order valence-electron chi connectivity index (χ2n) is 8.21. The van der Waals surface area contributed by atoms with E-state index in [-0.39, 0.29) is 58.2 Å². The molecule has 38 heavy (non-hydrogen) atoms. The van der Waals surface area contributed by atoms with Crippen LogP contribution < -0.4 is 14.4 Å². The van der Waals surface area contributed by atoms with E-state index < -0.39 is 32.5 Å². The standard InChI is InChI=1S/C25H26ClN3O7S2/c1-35-23-12-11-19(17-24(23)38(33,34)28-13-15-36-16-14-28)27-25(30)18-29(22-10-6-5-9-21(22)26)37(31,32)20-7-3-2-4-8-20/h2-12,17H,13-16,18H2,1H3,(H,27,30). The van der Waals surface area contributed by atoms with Crippen molar-refractivity contribution < 1.29 is 31.1 Å². The lowest BCUT2D eigenvalue weighted by Gasteiger charge is -2.27. The number of morpholine rings is 1. The van der Waals surface area contributed by atoms with E-state index in [1.807, 2.05) is 0 Å². The molecule has 0 bridgehead atoms. The van der Waals surface area contributed by atoms with Crippen LogP contribution >= 0.6 is 11.6 Å². The quantitative estimate of drug-likeness (QED) is 0.413. The first-order valence-electron chi connectivity index (χ1n) is 11.5.